The molecule has 1 fully saturated rings. The fourth-order valence-electron chi connectivity index (χ4n) is 3.93. The number of hydrogen-bond donors (Lipinski definition) is 2. The third-order valence-corrected chi connectivity index (χ3v) is 5.46. The molecule has 2 aromatic carbocycles. The Morgan fingerprint density at radius 2 is 1.90 bits per heavy atom. The number of carbonyl (C=O) groups is 2. The molecule has 2 N–H and O–H groups in total. The van der Waals surface area contributed by atoms with Crippen molar-refractivity contribution in [1.82, 2.24) is 15.5 Å². The Balaban J connectivity index is 1.72. The number of nitrogens with one attached hydrogen (secondary N) is 2. The Bertz CT molecular complexity index is 900. The topological polar surface area (TPSA) is 61.4 Å². The van der Waals surface area contributed by atoms with Crippen molar-refractivity contribution in [2.75, 3.05) is 6.54 Å². The van der Waals surface area contributed by atoms with Crippen LogP contribution < -0.4 is 10.6 Å². The van der Waals surface area contributed by atoms with E-state index in [1.165, 1.54) is 6.07 Å². The third kappa shape index (κ3) is 5.38. The molecule has 1 aliphatic heterocycles. The molecule has 160 valence electrons. The molecular formula is C24H30FN3O2. The fourth-order valence-corrected chi connectivity index (χ4v) is 3.93. The minimum atomic E-state index is -0.334. The average Bonchev–Trinajstić information content (AvgIpc) is 2.72. The summed E-state index contributed by atoms with van der Waals surface area (Å²) in [6, 6.07) is 14.3. The van der Waals surface area contributed by atoms with Gasteiger partial charge >= 0.3 is 6.03 Å². The number of piperidine rings is 1. The van der Waals surface area contributed by atoms with E-state index in [0.717, 1.165) is 11.1 Å². The van der Waals surface area contributed by atoms with E-state index < -0.39 is 0 Å². The van der Waals surface area contributed by atoms with Gasteiger partial charge in [-0.2, -0.15) is 0 Å². The Labute approximate surface area is 177 Å². The lowest BCUT2D eigenvalue weighted by molar-refractivity contribution is -0.127. The van der Waals surface area contributed by atoms with E-state index in [2.05, 4.69) is 16.7 Å². The number of carbonyl (C=O) groups excluding carboxylic acids is 2. The van der Waals surface area contributed by atoms with Crippen LogP contribution in [-0.2, 0) is 11.3 Å². The number of urea groups is 1. The molecule has 1 aliphatic rings. The summed E-state index contributed by atoms with van der Waals surface area (Å²) in [5, 5.41) is 5.79. The van der Waals surface area contributed by atoms with Crippen LogP contribution >= 0.6 is 0 Å². The SMILES string of the molecule is Cc1cccc(C2CCC(C(=O)NCc3ccccc3F)CN2C(=O)NC(C)C)c1. The summed E-state index contributed by atoms with van der Waals surface area (Å²) >= 11 is 0. The van der Waals surface area contributed by atoms with Crippen molar-refractivity contribution in [3.63, 3.8) is 0 Å². The fraction of sp³-hybridized carbons (Fsp3) is 0.417. The highest BCUT2D eigenvalue weighted by molar-refractivity contribution is 5.81. The second-order valence-corrected chi connectivity index (χ2v) is 8.27. The molecule has 2 atom stereocenters. The first kappa shape index (κ1) is 21.8. The summed E-state index contributed by atoms with van der Waals surface area (Å²) in [5.74, 6) is -0.807. The molecule has 0 spiro atoms. The van der Waals surface area contributed by atoms with E-state index in [0.29, 0.717) is 24.9 Å². The Morgan fingerprint density at radius 1 is 1.13 bits per heavy atom. The lowest BCUT2D eigenvalue weighted by Crippen LogP contribution is -2.51. The van der Waals surface area contributed by atoms with Crippen LogP contribution in [0.5, 0.6) is 0 Å². The van der Waals surface area contributed by atoms with Crippen molar-refractivity contribution in [3.8, 4) is 0 Å². The molecule has 1 heterocycles. The number of halogens is 1. The third-order valence-electron chi connectivity index (χ3n) is 5.46. The highest BCUT2D eigenvalue weighted by Gasteiger charge is 2.35. The van der Waals surface area contributed by atoms with Gasteiger partial charge in [-0.15, -0.1) is 0 Å². The molecule has 5 nitrogen and oxygen atoms in total. The lowest BCUT2D eigenvalue weighted by Gasteiger charge is -2.40. The first-order valence-electron chi connectivity index (χ1n) is 10.5. The van der Waals surface area contributed by atoms with E-state index in [9.17, 15) is 14.0 Å². The van der Waals surface area contributed by atoms with Crippen LogP contribution in [0.2, 0.25) is 0 Å². The van der Waals surface area contributed by atoms with Crippen molar-refractivity contribution in [2.24, 2.45) is 5.92 Å². The van der Waals surface area contributed by atoms with Gasteiger partial charge in [0, 0.05) is 24.7 Å². The summed E-state index contributed by atoms with van der Waals surface area (Å²) in [5.41, 5.74) is 2.68. The molecule has 30 heavy (non-hydrogen) atoms. The maximum Gasteiger partial charge on any atom is 0.318 e. The monoisotopic (exact) mass is 411 g/mol. The second kappa shape index (κ2) is 9.74. The first-order chi connectivity index (χ1) is 14.3. The van der Waals surface area contributed by atoms with Gasteiger partial charge in [-0.3, -0.25) is 4.79 Å². The van der Waals surface area contributed by atoms with E-state index in [4.69, 9.17) is 0 Å². The van der Waals surface area contributed by atoms with Crippen LogP contribution in [-0.4, -0.2) is 29.4 Å². The zero-order valence-electron chi connectivity index (χ0n) is 17.8. The molecule has 0 saturated carbocycles. The van der Waals surface area contributed by atoms with Crippen LogP contribution in [0.25, 0.3) is 0 Å². The summed E-state index contributed by atoms with van der Waals surface area (Å²) < 4.78 is 13.8. The number of aryl methyl sites for hydroxylation is 1. The molecule has 2 unspecified atom stereocenters. The van der Waals surface area contributed by atoms with Gasteiger partial charge in [0.15, 0.2) is 0 Å². The Kier molecular flexibility index (Phi) is 7.08. The maximum atomic E-state index is 13.8. The number of likely N-dealkylation sites (tertiary alicyclic amines) is 1. The van der Waals surface area contributed by atoms with Gasteiger partial charge in [0.2, 0.25) is 5.91 Å². The van der Waals surface area contributed by atoms with Gasteiger partial charge in [-0.25, -0.2) is 9.18 Å². The van der Waals surface area contributed by atoms with E-state index in [-0.39, 0.29) is 42.3 Å². The number of benzene rings is 2. The van der Waals surface area contributed by atoms with Crippen LogP contribution in [0.4, 0.5) is 9.18 Å². The second-order valence-electron chi connectivity index (χ2n) is 8.27. The minimum Gasteiger partial charge on any atom is -0.352 e. The van der Waals surface area contributed by atoms with Gasteiger partial charge in [0.05, 0.1) is 12.0 Å². The molecule has 0 bridgehead atoms. The molecule has 0 aromatic heterocycles. The quantitative estimate of drug-likeness (QED) is 0.770. The summed E-state index contributed by atoms with van der Waals surface area (Å²) in [6.45, 7) is 6.34. The number of hydrogen-bond acceptors (Lipinski definition) is 2. The molecule has 3 amide bonds. The molecule has 3 rings (SSSR count). The van der Waals surface area contributed by atoms with E-state index >= 15 is 0 Å². The molecule has 6 heteroatoms. The smallest absolute Gasteiger partial charge is 0.318 e. The molecule has 0 aliphatic carbocycles. The predicted octanol–water partition coefficient (Wildman–Crippen LogP) is 4.32. The van der Waals surface area contributed by atoms with Crippen molar-refractivity contribution < 1.29 is 14.0 Å². The van der Waals surface area contributed by atoms with Crippen molar-refractivity contribution >= 4 is 11.9 Å². The number of amides is 3. The van der Waals surface area contributed by atoms with E-state index in [1.54, 1.807) is 23.1 Å². The van der Waals surface area contributed by atoms with E-state index in [1.807, 2.05) is 39.0 Å². The maximum absolute atomic E-state index is 13.8. The highest BCUT2D eigenvalue weighted by Crippen LogP contribution is 2.34. The summed E-state index contributed by atoms with van der Waals surface area (Å²) in [4.78, 5) is 27.5. The van der Waals surface area contributed by atoms with Crippen molar-refractivity contribution in [1.29, 1.82) is 0 Å². The molecule has 2 aromatic rings. The normalized spacial score (nSPS) is 18.9. The summed E-state index contributed by atoms with van der Waals surface area (Å²) in [7, 11) is 0. The van der Waals surface area contributed by atoms with Gasteiger partial charge in [-0.05, 0) is 45.2 Å². The first-order valence-corrected chi connectivity index (χ1v) is 10.5. The lowest BCUT2D eigenvalue weighted by atomic mass is 9.88. The average molecular weight is 412 g/mol. The van der Waals surface area contributed by atoms with Crippen LogP contribution in [0.1, 0.15) is 49.4 Å². The van der Waals surface area contributed by atoms with Crippen LogP contribution in [0, 0.1) is 18.7 Å². The number of nitrogens with zero attached hydrogens (tertiary/aromatic N) is 1. The zero-order chi connectivity index (χ0) is 21.7. The van der Waals surface area contributed by atoms with Crippen LogP contribution in [0.3, 0.4) is 0 Å². The molecule has 1 saturated heterocycles. The largest absolute Gasteiger partial charge is 0.352 e. The molecular weight excluding hydrogens is 381 g/mol. The Hall–Kier alpha value is -2.89. The summed E-state index contributed by atoms with van der Waals surface area (Å²) in [6.07, 6.45) is 1.37. The highest BCUT2D eigenvalue weighted by atomic mass is 19.1. The predicted molar refractivity (Wildman–Crippen MR) is 115 cm³/mol. The number of rotatable bonds is 5. The molecule has 0 radical (unpaired) electrons. The standard InChI is InChI=1S/C24H30FN3O2/c1-16(2)27-24(30)28-15-20(11-12-22(28)18-9-6-7-17(3)13-18)23(29)26-14-19-8-4-5-10-21(19)25/h4-10,13,16,20,22H,11-12,14-15H2,1-3H3,(H,26,29)(H,27,30). The minimum absolute atomic E-state index is 0.00548. The van der Waals surface area contributed by atoms with Gasteiger partial charge in [0.25, 0.3) is 0 Å². The van der Waals surface area contributed by atoms with Crippen molar-refractivity contribution in [2.45, 2.75) is 52.2 Å². The zero-order valence-corrected chi connectivity index (χ0v) is 17.8. The Morgan fingerprint density at radius 3 is 2.60 bits per heavy atom. The van der Waals surface area contributed by atoms with Gasteiger partial charge < -0.3 is 15.5 Å². The van der Waals surface area contributed by atoms with Crippen LogP contribution in [0.15, 0.2) is 48.5 Å². The van der Waals surface area contributed by atoms with Crippen molar-refractivity contribution in [3.05, 3.63) is 71.0 Å². The van der Waals surface area contributed by atoms with Gasteiger partial charge in [-0.1, -0.05) is 48.0 Å². The van der Waals surface area contributed by atoms with Gasteiger partial charge in [0.1, 0.15) is 5.82 Å².